The van der Waals surface area contributed by atoms with E-state index >= 15 is 0 Å². The second-order valence-electron chi connectivity index (χ2n) is 5.35. The van der Waals surface area contributed by atoms with Gasteiger partial charge < -0.3 is 25.1 Å². The zero-order valence-electron chi connectivity index (χ0n) is 12.6. The number of aliphatic hydroxyl groups excluding tert-OH is 1. The number of hydrogen-bond acceptors (Lipinski definition) is 3. The van der Waals surface area contributed by atoms with Gasteiger partial charge in [-0.1, -0.05) is 18.2 Å². The third kappa shape index (κ3) is 3.73. The highest BCUT2D eigenvalue weighted by Crippen LogP contribution is 2.18. The molecule has 0 bridgehead atoms. The summed E-state index contributed by atoms with van der Waals surface area (Å²) < 4.78 is 5.15. The predicted octanol–water partition coefficient (Wildman–Crippen LogP) is 2.16. The molecule has 0 radical (unpaired) electrons. The first-order valence-electron chi connectivity index (χ1n) is 7.49. The van der Waals surface area contributed by atoms with Crippen LogP contribution >= 0.6 is 0 Å². The Balaban J connectivity index is 1.58. The number of aromatic nitrogens is 1. The third-order valence-electron chi connectivity index (χ3n) is 3.70. The highest BCUT2D eigenvalue weighted by atomic mass is 16.3. The smallest absolute Gasteiger partial charge is 0.315 e. The van der Waals surface area contributed by atoms with Crippen molar-refractivity contribution in [1.82, 2.24) is 15.6 Å². The van der Waals surface area contributed by atoms with Gasteiger partial charge in [-0.25, -0.2) is 4.79 Å². The van der Waals surface area contributed by atoms with Crippen LogP contribution in [0.5, 0.6) is 0 Å². The monoisotopic (exact) mass is 313 g/mol. The molecule has 0 aliphatic heterocycles. The van der Waals surface area contributed by atoms with Gasteiger partial charge in [-0.3, -0.25) is 0 Å². The summed E-state index contributed by atoms with van der Waals surface area (Å²) in [5.74, 6) is 0.678. The van der Waals surface area contributed by atoms with E-state index in [0.29, 0.717) is 18.7 Å². The first kappa shape index (κ1) is 15.2. The first-order chi connectivity index (χ1) is 11.3. The van der Waals surface area contributed by atoms with Gasteiger partial charge in [0.15, 0.2) is 0 Å². The summed E-state index contributed by atoms with van der Waals surface area (Å²) in [6.07, 6.45) is 4.02. The van der Waals surface area contributed by atoms with E-state index in [4.69, 9.17) is 4.42 Å². The maximum absolute atomic E-state index is 11.9. The SMILES string of the molecule is O=C(NCc1ccco1)N[C@H](CO)Cc1c[nH]c2ccccc12. The van der Waals surface area contributed by atoms with Gasteiger partial charge in [-0.2, -0.15) is 0 Å². The van der Waals surface area contributed by atoms with Gasteiger partial charge in [0.1, 0.15) is 5.76 Å². The van der Waals surface area contributed by atoms with E-state index in [1.807, 2.05) is 30.5 Å². The predicted molar refractivity (Wildman–Crippen MR) is 87.0 cm³/mol. The molecule has 23 heavy (non-hydrogen) atoms. The van der Waals surface area contributed by atoms with Gasteiger partial charge in [0.25, 0.3) is 0 Å². The number of para-hydroxylation sites is 1. The van der Waals surface area contributed by atoms with Crippen molar-refractivity contribution in [3.05, 3.63) is 60.2 Å². The Labute approximate surface area is 133 Å². The number of rotatable bonds is 6. The molecule has 0 unspecified atom stereocenters. The Morgan fingerprint density at radius 1 is 1.26 bits per heavy atom. The fraction of sp³-hybridized carbons (Fsp3) is 0.235. The Kier molecular flexibility index (Phi) is 4.63. The van der Waals surface area contributed by atoms with Crippen molar-refractivity contribution in [1.29, 1.82) is 0 Å². The van der Waals surface area contributed by atoms with Crippen molar-refractivity contribution in [3.8, 4) is 0 Å². The summed E-state index contributed by atoms with van der Waals surface area (Å²) in [4.78, 5) is 15.1. The number of aromatic amines is 1. The highest BCUT2D eigenvalue weighted by molar-refractivity contribution is 5.83. The molecule has 2 heterocycles. The summed E-state index contributed by atoms with van der Waals surface area (Å²) in [5, 5.41) is 16.1. The summed E-state index contributed by atoms with van der Waals surface area (Å²) in [7, 11) is 0. The van der Waals surface area contributed by atoms with Crippen LogP contribution in [-0.4, -0.2) is 28.8 Å². The van der Waals surface area contributed by atoms with Gasteiger partial charge in [-0.05, 0) is 30.2 Å². The minimum Gasteiger partial charge on any atom is -0.467 e. The Hall–Kier alpha value is -2.73. The number of amides is 2. The number of nitrogens with one attached hydrogen (secondary N) is 3. The van der Waals surface area contributed by atoms with Crippen LogP contribution in [-0.2, 0) is 13.0 Å². The number of carbonyl (C=O) groups is 1. The molecule has 2 aromatic heterocycles. The van der Waals surface area contributed by atoms with E-state index in [0.717, 1.165) is 16.5 Å². The largest absolute Gasteiger partial charge is 0.467 e. The molecule has 2 amide bonds. The topological polar surface area (TPSA) is 90.3 Å². The fourth-order valence-electron chi connectivity index (χ4n) is 2.54. The highest BCUT2D eigenvalue weighted by Gasteiger charge is 2.14. The molecule has 3 rings (SSSR count). The summed E-state index contributed by atoms with van der Waals surface area (Å²) in [6, 6.07) is 10.8. The molecule has 3 aromatic rings. The average molecular weight is 313 g/mol. The number of fused-ring (bicyclic) bond motifs is 1. The maximum atomic E-state index is 11.9. The molecule has 4 N–H and O–H groups in total. The quantitative estimate of drug-likeness (QED) is 0.562. The van der Waals surface area contributed by atoms with Crippen molar-refractivity contribution in [2.45, 2.75) is 19.0 Å². The van der Waals surface area contributed by atoms with Crippen LogP contribution in [0, 0.1) is 0 Å². The van der Waals surface area contributed by atoms with Crippen molar-refractivity contribution >= 4 is 16.9 Å². The molecule has 1 atom stereocenters. The normalized spacial score (nSPS) is 12.2. The van der Waals surface area contributed by atoms with Gasteiger partial charge in [-0.15, -0.1) is 0 Å². The first-order valence-corrected chi connectivity index (χ1v) is 7.49. The standard InChI is InChI=1S/C17H19N3O3/c21-11-13(20-17(22)19-10-14-4-3-7-23-14)8-12-9-18-16-6-2-1-5-15(12)16/h1-7,9,13,18,21H,8,10-11H2,(H2,19,20,22)/t13-/m0/s1. The molecule has 120 valence electrons. The molecule has 0 aliphatic rings. The maximum Gasteiger partial charge on any atom is 0.315 e. The molecule has 6 heteroatoms. The summed E-state index contributed by atoms with van der Waals surface area (Å²) >= 11 is 0. The lowest BCUT2D eigenvalue weighted by Gasteiger charge is -2.16. The number of furan rings is 1. The van der Waals surface area contributed by atoms with Crippen LogP contribution < -0.4 is 10.6 Å². The van der Waals surface area contributed by atoms with Gasteiger partial charge in [0, 0.05) is 17.1 Å². The van der Waals surface area contributed by atoms with E-state index < -0.39 is 0 Å². The van der Waals surface area contributed by atoms with E-state index in [1.165, 1.54) is 0 Å². The molecular weight excluding hydrogens is 294 g/mol. The molecular formula is C17H19N3O3. The van der Waals surface area contributed by atoms with E-state index in [-0.39, 0.29) is 18.7 Å². The zero-order valence-corrected chi connectivity index (χ0v) is 12.6. The fourth-order valence-corrected chi connectivity index (χ4v) is 2.54. The lowest BCUT2D eigenvalue weighted by atomic mass is 10.1. The van der Waals surface area contributed by atoms with Gasteiger partial charge >= 0.3 is 6.03 Å². The van der Waals surface area contributed by atoms with Crippen LogP contribution in [0.25, 0.3) is 10.9 Å². The Morgan fingerprint density at radius 2 is 2.13 bits per heavy atom. The Bertz CT molecular complexity index is 764. The molecule has 0 saturated heterocycles. The molecule has 6 nitrogen and oxygen atoms in total. The minimum absolute atomic E-state index is 0.131. The van der Waals surface area contributed by atoms with Crippen LogP contribution in [0.4, 0.5) is 4.79 Å². The molecule has 0 spiro atoms. The second kappa shape index (κ2) is 7.02. The molecule has 1 aromatic carbocycles. The van der Waals surface area contributed by atoms with Crippen molar-refractivity contribution in [3.63, 3.8) is 0 Å². The van der Waals surface area contributed by atoms with E-state index in [9.17, 15) is 9.90 Å². The summed E-state index contributed by atoms with van der Waals surface area (Å²) in [5.41, 5.74) is 2.10. The summed E-state index contributed by atoms with van der Waals surface area (Å²) in [6.45, 7) is 0.178. The van der Waals surface area contributed by atoms with Crippen LogP contribution in [0.15, 0.2) is 53.3 Å². The number of hydrogen-bond donors (Lipinski definition) is 4. The molecule has 0 saturated carbocycles. The number of urea groups is 1. The minimum atomic E-state index is -0.356. The van der Waals surface area contributed by atoms with Crippen molar-refractivity contribution in [2.24, 2.45) is 0 Å². The average Bonchev–Trinajstić information content (AvgIpc) is 3.22. The third-order valence-corrected chi connectivity index (χ3v) is 3.70. The Morgan fingerprint density at radius 3 is 2.91 bits per heavy atom. The van der Waals surface area contributed by atoms with Crippen LogP contribution in [0.1, 0.15) is 11.3 Å². The zero-order chi connectivity index (χ0) is 16.1. The van der Waals surface area contributed by atoms with E-state index in [2.05, 4.69) is 15.6 Å². The second-order valence-corrected chi connectivity index (χ2v) is 5.35. The van der Waals surface area contributed by atoms with E-state index in [1.54, 1.807) is 18.4 Å². The van der Waals surface area contributed by atoms with Gasteiger partial charge in [0.2, 0.25) is 0 Å². The number of carbonyl (C=O) groups excluding carboxylic acids is 1. The number of H-pyrrole nitrogens is 1. The lowest BCUT2D eigenvalue weighted by Crippen LogP contribution is -2.44. The van der Waals surface area contributed by atoms with Crippen molar-refractivity contribution in [2.75, 3.05) is 6.61 Å². The van der Waals surface area contributed by atoms with Crippen LogP contribution in [0.2, 0.25) is 0 Å². The van der Waals surface area contributed by atoms with Gasteiger partial charge in [0.05, 0.1) is 25.5 Å². The lowest BCUT2D eigenvalue weighted by molar-refractivity contribution is 0.215. The van der Waals surface area contributed by atoms with Crippen LogP contribution in [0.3, 0.4) is 0 Å². The number of aliphatic hydroxyl groups is 1. The number of benzene rings is 1. The molecule has 0 fully saturated rings. The molecule has 0 aliphatic carbocycles. The van der Waals surface area contributed by atoms with Crippen molar-refractivity contribution < 1.29 is 14.3 Å².